The molecule has 0 aliphatic carbocycles. The zero-order valence-corrected chi connectivity index (χ0v) is 10.1. The molecule has 2 aromatic rings. The van der Waals surface area contributed by atoms with Gasteiger partial charge in [-0.2, -0.15) is 0 Å². The second-order valence-electron chi connectivity index (χ2n) is 3.87. The molecule has 0 saturated carbocycles. The van der Waals surface area contributed by atoms with Crippen LogP contribution in [0.5, 0.6) is 0 Å². The summed E-state index contributed by atoms with van der Waals surface area (Å²) in [7, 11) is 0. The van der Waals surface area contributed by atoms with Crippen LogP contribution in [0.4, 0.5) is 0 Å². The quantitative estimate of drug-likeness (QED) is 0.878. The van der Waals surface area contributed by atoms with Gasteiger partial charge >= 0.3 is 0 Å². The van der Waals surface area contributed by atoms with Gasteiger partial charge in [-0.05, 0) is 19.1 Å². The summed E-state index contributed by atoms with van der Waals surface area (Å²) in [5.41, 5.74) is 8.19. The van der Waals surface area contributed by atoms with E-state index < -0.39 is 0 Å². The number of rotatable bonds is 4. The van der Waals surface area contributed by atoms with E-state index in [9.17, 15) is 0 Å². The number of aromatic nitrogens is 2. The van der Waals surface area contributed by atoms with Crippen LogP contribution in [0.3, 0.4) is 0 Å². The Bertz CT molecular complexity index is 439. The Hall–Kier alpha value is -1.26. The van der Waals surface area contributed by atoms with E-state index in [1.54, 1.807) is 17.5 Å². The fraction of sp³-hybridized carbons (Fsp3) is 0.333. The minimum Gasteiger partial charge on any atom is -0.327 e. The molecular weight excluding hydrogens is 218 g/mol. The predicted molar refractivity (Wildman–Crippen MR) is 66.5 cm³/mol. The molecule has 4 heteroatoms. The number of hydrogen-bond donors (Lipinski definition) is 1. The average Bonchev–Trinajstić information content (AvgIpc) is 2.65. The van der Waals surface area contributed by atoms with Gasteiger partial charge in [-0.25, -0.2) is 4.98 Å². The minimum absolute atomic E-state index is 0.0976. The maximum Gasteiger partial charge on any atom is 0.0943 e. The zero-order chi connectivity index (χ0) is 11.4. The minimum atomic E-state index is 0.0976. The van der Waals surface area contributed by atoms with E-state index in [1.165, 1.54) is 0 Å². The smallest absolute Gasteiger partial charge is 0.0943 e. The molecule has 16 heavy (non-hydrogen) atoms. The van der Waals surface area contributed by atoms with Crippen LogP contribution in [0.2, 0.25) is 0 Å². The first-order valence-corrected chi connectivity index (χ1v) is 6.18. The van der Waals surface area contributed by atoms with Crippen molar-refractivity contribution in [1.82, 2.24) is 9.97 Å². The van der Waals surface area contributed by atoms with Gasteiger partial charge in [-0.15, -0.1) is 11.3 Å². The fourth-order valence-electron chi connectivity index (χ4n) is 1.58. The van der Waals surface area contributed by atoms with Crippen molar-refractivity contribution in [3.63, 3.8) is 0 Å². The Morgan fingerprint density at radius 1 is 1.38 bits per heavy atom. The monoisotopic (exact) mass is 233 g/mol. The van der Waals surface area contributed by atoms with E-state index in [4.69, 9.17) is 5.73 Å². The maximum absolute atomic E-state index is 6.07. The molecule has 2 rings (SSSR count). The Morgan fingerprint density at radius 2 is 2.25 bits per heavy atom. The van der Waals surface area contributed by atoms with Crippen LogP contribution in [-0.4, -0.2) is 16.0 Å². The van der Waals surface area contributed by atoms with E-state index in [2.05, 4.69) is 15.3 Å². The van der Waals surface area contributed by atoms with Gasteiger partial charge in [0.05, 0.1) is 5.01 Å². The lowest BCUT2D eigenvalue weighted by Gasteiger charge is -2.08. The molecule has 2 heterocycles. The van der Waals surface area contributed by atoms with Crippen LogP contribution in [0.1, 0.15) is 16.4 Å². The molecule has 0 aromatic carbocycles. The van der Waals surface area contributed by atoms with Gasteiger partial charge in [0.1, 0.15) is 0 Å². The molecule has 0 saturated heterocycles. The van der Waals surface area contributed by atoms with Crippen LogP contribution in [-0.2, 0) is 12.8 Å². The summed E-state index contributed by atoms with van der Waals surface area (Å²) >= 11 is 1.68. The van der Waals surface area contributed by atoms with Crippen LogP contribution in [0.15, 0.2) is 29.8 Å². The molecule has 0 amide bonds. The van der Waals surface area contributed by atoms with Crippen LogP contribution in [0.25, 0.3) is 0 Å². The molecule has 1 atom stereocenters. The Labute approximate surface area is 99.4 Å². The molecule has 0 aliphatic rings. The Kier molecular flexibility index (Phi) is 3.64. The predicted octanol–water partition coefficient (Wildman–Crippen LogP) is 1.96. The summed E-state index contributed by atoms with van der Waals surface area (Å²) in [5, 5.41) is 3.17. The summed E-state index contributed by atoms with van der Waals surface area (Å²) in [4.78, 5) is 8.68. The second-order valence-corrected chi connectivity index (χ2v) is 4.81. The maximum atomic E-state index is 6.07. The molecule has 0 fully saturated rings. The lowest BCUT2D eigenvalue weighted by molar-refractivity contribution is 0.651. The van der Waals surface area contributed by atoms with Gasteiger partial charge in [0.2, 0.25) is 0 Å². The molecule has 0 spiro atoms. The largest absolute Gasteiger partial charge is 0.327 e. The highest BCUT2D eigenvalue weighted by Gasteiger charge is 2.08. The van der Waals surface area contributed by atoms with Crippen LogP contribution < -0.4 is 5.73 Å². The lowest BCUT2D eigenvalue weighted by atomic mass is 10.1. The third-order valence-corrected chi connectivity index (χ3v) is 3.29. The van der Waals surface area contributed by atoms with Crippen molar-refractivity contribution in [2.45, 2.75) is 25.8 Å². The third kappa shape index (κ3) is 3.12. The molecule has 0 radical (unpaired) electrons. The highest BCUT2D eigenvalue weighted by atomic mass is 32.1. The van der Waals surface area contributed by atoms with Crippen molar-refractivity contribution < 1.29 is 0 Å². The first-order chi connectivity index (χ1) is 7.74. The Morgan fingerprint density at radius 3 is 2.88 bits per heavy atom. The van der Waals surface area contributed by atoms with Crippen LogP contribution in [0, 0.1) is 6.92 Å². The summed E-state index contributed by atoms with van der Waals surface area (Å²) in [6.45, 7) is 2.00. The first kappa shape index (κ1) is 11.2. The molecule has 1 unspecified atom stereocenters. The normalized spacial score (nSPS) is 12.6. The number of nitrogens with zero attached hydrogens (tertiary/aromatic N) is 2. The second kappa shape index (κ2) is 5.18. The fourth-order valence-corrected chi connectivity index (χ4v) is 2.45. The molecule has 84 valence electrons. The highest BCUT2D eigenvalue weighted by molar-refractivity contribution is 7.09. The standard InChI is InChI=1S/C12H15N3S/c1-9-8-16-12(15-9)7-10(13)6-11-4-2-3-5-14-11/h2-5,8,10H,6-7,13H2,1H3. The molecule has 2 N–H and O–H groups in total. The van der Waals surface area contributed by atoms with E-state index in [0.717, 1.165) is 29.2 Å². The SMILES string of the molecule is Cc1csc(CC(N)Cc2ccccn2)n1. The van der Waals surface area contributed by atoms with Crippen molar-refractivity contribution in [3.8, 4) is 0 Å². The van der Waals surface area contributed by atoms with Gasteiger partial charge < -0.3 is 5.73 Å². The summed E-state index contributed by atoms with van der Waals surface area (Å²) in [6, 6.07) is 6.01. The molecule has 0 bridgehead atoms. The van der Waals surface area contributed by atoms with E-state index >= 15 is 0 Å². The van der Waals surface area contributed by atoms with Gasteiger partial charge in [0, 0.05) is 41.8 Å². The Balaban J connectivity index is 1.92. The molecule has 3 nitrogen and oxygen atoms in total. The topological polar surface area (TPSA) is 51.8 Å². The van der Waals surface area contributed by atoms with E-state index in [0.29, 0.717) is 0 Å². The molecule has 0 aliphatic heterocycles. The van der Waals surface area contributed by atoms with Gasteiger partial charge in [0.15, 0.2) is 0 Å². The third-order valence-electron chi connectivity index (χ3n) is 2.30. The van der Waals surface area contributed by atoms with E-state index in [1.807, 2.05) is 25.1 Å². The molecular formula is C12H15N3S. The van der Waals surface area contributed by atoms with Crippen molar-refractivity contribution in [1.29, 1.82) is 0 Å². The number of thiazole rings is 1. The number of aryl methyl sites for hydroxylation is 1. The number of hydrogen-bond acceptors (Lipinski definition) is 4. The van der Waals surface area contributed by atoms with Crippen molar-refractivity contribution in [3.05, 3.63) is 46.2 Å². The lowest BCUT2D eigenvalue weighted by Crippen LogP contribution is -2.25. The summed E-state index contributed by atoms with van der Waals surface area (Å²) in [5.74, 6) is 0. The van der Waals surface area contributed by atoms with E-state index in [-0.39, 0.29) is 6.04 Å². The average molecular weight is 233 g/mol. The highest BCUT2D eigenvalue weighted by Crippen LogP contribution is 2.11. The first-order valence-electron chi connectivity index (χ1n) is 5.30. The van der Waals surface area contributed by atoms with Crippen molar-refractivity contribution in [2.75, 3.05) is 0 Å². The van der Waals surface area contributed by atoms with Gasteiger partial charge in [0.25, 0.3) is 0 Å². The zero-order valence-electron chi connectivity index (χ0n) is 9.26. The number of pyridine rings is 1. The van der Waals surface area contributed by atoms with Crippen molar-refractivity contribution >= 4 is 11.3 Å². The summed E-state index contributed by atoms with van der Waals surface area (Å²) < 4.78 is 0. The van der Waals surface area contributed by atoms with Gasteiger partial charge in [-0.3, -0.25) is 4.98 Å². The van der Waals surface area contributed by atoms with Crippen LogP contribution >= 0.6 is 11.3 Å². The number of nitrogens with two attached hydrogens (primary N) is 1. The van der Waals surface area contributed by atoms with Crippen molar-refractivity contribution in [2.24, 2.45) is 5.73 Å². The van der Waals surface area contributed by atoms with Gasteiger partial charge in [-0.1, -0.05) is 6.07 Å². The molecule has 2 aromatic heterocycles. The summed E-state index contributed by atoms with van der Waals surface area (Å²) in [6.07, 6.45) is 3.43.